The van der Waals surface area contributed by atoms with Crippen LogP contribution in [0.1, 0.15) is 21.5 Å². The second-order valence-corrected chi connectivity index (χ2v) is 6.20. The van der Waals surface area contributed by atoms with Gasteiger partial charge in [0, 0.05) is 13.1 Å². The molecule has 3 rings (SSSR count). The van der Waals surface area contributed by atoms with E-state index in [0.29, 0.717) is 31.0 Å². The molecule has 2 aromatic rings. The van der Waals surface area contributed by atoms with Crippen molar-refractivity contribution in [2.24, 2.45) is 0 Å². The fourth-order valence-corrected chi connectivity index (χ4v) is 3.10. The first kappa shape index (κ1) is 18.7. The summed E-state index contributed by atoms with van der Waals surface area (Å²) in [5.74, 6) is -0.174. The molecule has 6 nitrogen and oxygen atoms in total. The third kappa shape index (κ3) is 4.02. The molecule has 1 aliphatic rings. The van der Waals surface area contributed by atoms with E-state index in [1.165, 1.54) is 18.2 Å². The van der Waals surface area contributed by atoms with Crippen LogP contribution in [-0.2, 0) is 17.8 Å². The van der Waals surface area contributed by atoms with Gasteiger partial charge < -0.3 is 19.7 Å². The lowest BCUT2D eigenvalue weighted by Crippen LogP contribution is -2.42. The van der Waals surface area contributed by atoms with Crippen molar-refractivity contribution in [2.75, 3.05) is 27.3 Å². The van der Waals surface area contributed by atoms with Crippen molar-refractivity contribution in [1.29, 1.82) is 0 Å². The molecular formula is C20H21FN2O4. The van der Waals surface area contributed by atoms with E-state index in [1.54, 1.807) is 25.2 Å². The predicted molar refractivity (Wildman–Crippen MR) is 97.4 cm³/mol. The van der Waals surface area contributed by atoms with Crippen molar-refractivity contribution in [2.45, 2.75) is 13.0 Å². The normalized spacial score (nSPS) is 12.9. The average Bonchev–Trinajstić information content (AvgIpc) is 2.70. The van der Waals surface area contributed by atoms with Crippen molar-refractivity contribution in [1.82, 2.24) is 10.2 Å². The lowest BCUT2D eigenvalue weighted by Gasteiger charge is -2.29. The molecule has 0 bridgehead atoms. The van der Waals surface area contributed by atoms with Gasteiger partial charge in [0.25, 0.3) is 5.91 Å². The van der Waals surface area contributed by atoms with E-state index in [1.807, 2.05) is 12.1 Å². The monoisotopic (exact) mass is 372 g/mol. The maximum absolute atomic E-state index is 13.6. The van der Waals surface area contributed by atoms with Crippen LogP contribution in [0, 0.1) is 5.82 Å². The number of carbonyl (C=O) groups is 2. The molecule has 0 unspecified atom stereocenters. The number of rotatable bonds is 5. The van der Waals surface area contributed by atoms with E-state index in [0.717, 1.165) is 11.1 Å². The van der Waals surface area contributed by atoms with Crippen LogP contribution in [0.25, 0.3) is 0 Å². The number of amides is 2. The number of carbonyl (C=O) groups excluding carboxylic acids is 2. The Hall–Kier alpha value is -3.09. The van der Waals surface area contributed by atoms with Crippen LogP contribution in [0.3, 0.4) is 0 Å². The summed E-state index contributed by atoms with van der Waals surface area (Å²) in [5, 5.41) is 2.49. The highest BCUT2D eigenvalue weighted by Crippen LogP contribution is 2.33. The molecule has 0 atom stereocenters. The number of hydrogen-bond donors (Lipinski definition) is 1. The van der Waals surface area contributed by atoms with E-state index < -0.39 is 11.7 Å². The van der Waals surface area contributed by atoms with Crippen LogP contribution >= 0.6 is 0 Å². The summed E-state index contributed by atoms with van der Waals surface area (Å²) < 4.78 is 24.3. The van der Waals surface area contributed by atoms with E-state index in [2.05, 4.69) is 5.32 Å². The molecule has 0 saturated heterocycles. The molecule has 27 heavy (non-hydrogen) atoms. The third-order valence-electron chi connectivity index (χ3n) is 4.59. The van der Waals surface area contributed by atoms with Crippen LogP contribution in [0.2, 0.25) is 0 Å². The van der Waals surface area contributed by atoms with Crippen molar-refractivity contribution in [3.63, 3.8) is 0 Å². The zero-order valence-electron chi connectivity index (χ0n) is 15.3. The molecule has 142 valence electrons. The highest BCUT2D eigenvalue weighted by Gasteiger charge is 2.23. The minimum absolute atomic E-state index is 0.0777. The van der Waals surface area contributed by atoms with Gasteiger partial charge in [0.15, 0.2) is 11.5 Å². The fourth-order valence-electron chi connectivity index (χ4n) is 3.10. The fraction of sp³-hybridized carbons (Fsp3) is 0.300. The van der Waals surface area contributed by atoms with Crippen molar-refractivity contribution < 1.29 is 23.5 Å². The van der Waals surface area contributed by atoms with Gasteiger partial charge in [-0.3, -0.25) is 9.59 Å². The molecule has 0 saturated carbocycles. The van der Waals surface area contributed by atoms with Gasteiger partial charge in [-0.15, -0.1) is 0 Å². The molecule has 1 N–H and O–H groups in total. The molecule has 2 amide bonds. The van der Waals surface area contributed by atoms with Gasteiger partial charge in [0.2, 0.25) is 5.91 Å². The summed E-state index contributed by atoms with van der Waals surface area (Å²) in [6.07, 6.45) is 0.683. The zero-order valence-corrected chi connectivity index (χ0v) is 15.3. The topological polar surface area (TPSA) is 67.9 Å². The molecule has 7 heteroatoms. The van der Waals surface area contributed by atoms with Crippen LogP contribution in [-0.4, -0.2) is 44.0 Å². The number of ether oxygens (including phenoxy) is 2. The minimum atomic E-state index is -0.615. The second-order valence-electron chi connectivity index (χ2n) is 6.20. The molecule has 0 fully saturated rings. The Labute approximate surface area is 156 Å². The Morgan fingerprint density at radius 1 is 1.11 bits per heavy atom. The number of benzene rings is 2. The molecule has 0 aliphatic carbocycles. The largest absolute Gasteiger partial charge is 0.493 e. The second kappa shape index (κ2) is 8.07. The van der Waals surface area contributed by atoms with E-state index in [4.69, 9.17) is 9.47 Å². The van der Waals surface area contributed by atoms with E-state index in [9.17, 15) is 14.0 Å². The maximum atomic E-state index is 13.6. The molecule has 1 aliphatic heterocycles. The third-order valence-corrected chi connectivity index (χ3v) is 4.59. The molecule has 2 aromatic carbocycles. The van der Waals surface area contributed by atoms with Crippen LogP contribution in [0.4, 0.5) is 4.39 Å². The molecule has 0 radical (unpaired) electrons. The molecule has 0 aromatic heterocycles. The zero-order chi connectivity index (χ0) is 19.4. The highest BCUT2D eigenvalue weighted by atomic mass is 19.1. The summed E-state index contributed by atoms with van der Waals surface area (Å²) >= 11 is 0. The predicted octanol–water partition coefficient (Wildman–Crippen LogP) is 2.16. The van der Waals surface area contributed by atoms with Crippen LogP contribution in [0.5, 0.6) is 11.5 Å². The lowest BCUT2D eigenvalue weighted by atomic mass is 9.98. The molecule has 0 spiro atoms. The Bertz CT molecular complexity index is 869. The first-order valence-corrected chi connectivity index (χ1v) is 8.57. The van der Waals surface area contributed by atoms with Gasteiger partial charge in [-0.05, 0) is 41.8 Å². The standard InChI is InChI=1S/C20H21FN2O4/c1-26-17-9-13-7-8-23(12-14(13)10-18(17)27-2)19(24)11-22-20(25)15-5-3-4-6-16(15)21/h3-6,9-10H,7-8,11-12H2,1-2H3,(H,22,25). The highest BCUT2D eigenvalue weighted by molar-refractivity contribution is 5.96. The van der Waals surface area contributed by atoms with Crippen LogP contribution < -0.4 is 14.8 Å². The Kier molecular flexibility index (Phi) is 5.59. The van der Waals surface area contributed by atoms with Crippen LogP contribution in [0.15, 0.2) is 36.4 Å². The first-order valence-electron chi connectivity index (χ1n) is 8.57. The van der Waals surface area contributed by atoms with Crippen molar-refractivity contribution >= 4 is 11.8 Å². The Balaban J connectivity index is 1.64. The van der Waals surface area contributed by atoms with Gasteiger partial charge >= 0.3 is 0 Å². The number of fused-ring (bicyclic) bond motifs is 1. The smallest absolute Gasteiger partial charge is 0.254 e. The summed E-state index contributed by atoms with van der Waals surface area (Å²) in [5.41, 5.74) is 2.01. The lowest BCUT2D eigenvalue weighted by molar-refractivity contribution is -0.131. The number of halogens is 1. The Morgan fingerprint density at radius 3 is 2.44 bits per heavy atom. The number of methoxy groups -OCH3 is 2. The summed E-state index contributed by atoms with van der Waals surface area (Å²) in [4.78, 5) is 26.2. The summed E-state index contributed by atoms with van der Waals surface area (Å²) in [6, 6.07) is 9.46. The first-order chi connectivity index (χ1) is 13.0. The van der Waals surface area contributed by atoms with Gasteiger partial charge in [0.1, 0.15) is 5.82 Å². The number of nitrogens with zero attached hydrogens (tertiary/aromatic N) is 1. The maximum Gasteiger partial charge on any atom is 0.254 e. The van der Waals surface area contributed by atoms with Gasteiger partial charge in [-0.25, -0.2) is 4.39 Å². The molecule has 1 heterocycles. The SMILES string of the molecule is COc1cc2c(cc1OC)CN(C(=O)CNC(=O)c1ccccc1F)CC2. The van der Waals surface area contributed by atoms with Gasteiger partial charge in [0.05, 0.1) is 26.3 Å². The van der Waals surface area contributed by atoms with Gasteiger partial charge in [-0.2, -0.15) is 0 Å². The minimum Gasteiger partial charge on any atom is -0.493 e. The summed E-state index contributed by atoms with van der Waals surface area (Å²) in [7, 11) is 3.15. The van der Waals surface area contributed by atoms with Crippen molar-refractivity contribution in [3.05, 3.63) is 58.9 Å². The molecular weight excluding hydrogens is 351 g/mol. The number of nitrogens with one attached hydrogen (secondary N) is 1. The van der Waals surface area contributed by atoms with E-state index in [-0.39, 0.29) is 18.0 Å². The summed E-state index contributed by atoms with van der Waals surface area (Å²) in [6.45, 7) is 0.775. The quantitative estimate of drug-likeness (QED) is 0.873. The number of hydrogen-bond acceptors (Lipinski definition) is 4. The van der Waals surface area contributed by atoms with E-state index >= 15 is 0 Å². The van der Waals surface area contributed by atoms with Crippen molar-refractivity contribution in [3.8, 4) is 11.5 Å². The average molecular weight is 372 g/mol. The Morgan fingerprint density at radius 2 is 1.78 bits per heavy atom. The van der Waals surface area contributed by atoms with Gasteiger partial charge in [-0.1, -0.05) is 12.1 Å².